The Labute approximate surface area is 205 Å². The minimum Gasteiger partial charge on any atom is -0.390 e. The standard InChI is InChI=1S/C26H35N5O4/c1-6-31-23-20(25(33)28-17(2)9-7-11-26(3,4)34)13-19(29-22(32)16-35-5)14-21(23)30-24(31)18-10-8-12-27-15-18/h8,10,12-15,17,34H,6-7,9,11,16H2,1-5H3,(H,28,33)(H,29,32)/t17-/m0/s1. The second-order valence-corrected chi connectivity index (χ2v) is 9.37. The number of methoxy groups -OCH3 is 1. The van der Waals surface area contributed by atoms with Crippen LogP contribution in [0.3, 0.4) is 0 Å². The second-order valence-electron chi connectivity index (χ2n) is 9.37. The van der Waals surface area contributed by atoms with Gasteiger partial charge in [0, 0.05) is 43.3 Å². The van der Waals surface area contributed by atoms with Crippen molar-refractivity contribution in [1.29, 1.82) is 0 Å². The average Bonchev–Trinajstić information content (AvgIpc) is 3.16. The van der Waals surface area contributed by atoms with Crippen LogP contribution in [0.4, 0.5) is 5.69 Å². The highest BCUT2D eigenvalue weighted by Crippen LogP contribution is 2.30. The maximum absolute atomic E-state index is 13.5. The fraction of sp³-hybridized carbons (Fsp3) is 0.462. The van der Waals surface area contributed by atoms with E-state index in [1.54, 1.807) is 38.4 Å². The van der Waals surface area contributed by atoms with Gasteiger partial charge in [-0.05, 0) is 71.2 Å². The molecule has 3 N–H and O–H groups in total. The number of rotatable bonds is 11. The first kappa shape index (κ1) is 26.3. The van der Waals surface area contributed by atoms with Crippen molar-refractivity contribution < 1.29 is 19.4 Å². The molecular formula is C26H35N5O4. The first-order valence-electron chi connectivity index (χ1n) is 11.9. The zero-order valence-corrected chi connectivity index (χ0v) is 21.1. The van der Waals surface area contributed by atoms with Gasteiger partial charge in [0.05, 0.1) is 22.2 Å². The van der Waals surface area contributed by atoms with E-state index in [1.807, 2.05) is 30.5 Å². The molecule has 2 heterocycles. The number of aromatic nitrogens is 3. The predicted octanol–water partition coefficient (Wildman–Crippen LogP) is 3.76. The van der Waals surface area contributed by atoms with Crippen LogP contribution in [0.15, 0.2) is 36.7 Å². The van der Waals surface area contributed by atoms with Crippen LogP contribution >= 0.6 is 0 Å². The van der Waals surface area contributed by atoms with E-state index in [2.05, 4.69) is 15.6 Å². The summed E-state index contributed by atoms with van der Waals surface area (Å²) in [6, 6.07) is 7.11. The summed E-state index contributed by atoms with van der Waals surface area (Å²) >= 11 is 0. The van der Waals surface area contributed by atoms with Crippen molar-refractivity contribution in [3.05, 3.63) is 42.2 Å². The van der Waals surface area contributed by atoms with Crippen LogP contribution < -0.4 is 10.6 Å². The molecule has 0 saturated carbocycles. The Morgan fingerprint density at radius 3 is 2.69 bits per heavy atom. The predicted molar refractivity (Wildman–Crippen MR) is 136 cm³/mol. The van der Waals surface area contributed by atoms with Crippen LogP contribution in [0.2, 0.25) is 0 Å². The van der Waals surface area contributed by atoms with Crippen molar-refractivity contribution in [2.75, 3.05) is 19.0 Å². The number of imidazole rings is 1. The maximum atomic E-state index is 13.5. The first-order valence-corrected chi connectivity index (χ1v) is 11.9. The Morgan fingerprint density at radius 1 is 1.29 bits per heavy atom. The minimum atomic E-state index is -0.735. The fourth-order valence-corrected chi connectivity index (χ4v) is 4.08. The van der Waals surface area contributed by atoms with E-state index in [1.165, 1.54) is 7.11 Å². The lowest BCUT2D eigenvalue weighted by molar-refractivity contribution is -0.119. The van der Waals surface area contributed by atoms with Crippen LogP contribution in [0.25, 0.3) is 22.4 Å². The van der Waals surface area contributed by atoms with Gasteiger partial charge in [0.25, 0.3) is 5.91 Å². The van der Waals surface area contributed by atoms with Crippen LogP contribution in [-0.4, -0.2) is 56.8 Å². The molecule has 0 unspecified atom stereocenters. The first-order chi connectivity index (χ1) is 16.6. The summed E-state index contributed by atoms with van der Waals surface area (Å²) in [6.07, 6.45) is 5.60. The molecule has 9 nitrogen and oxygen atoms in total. The van der Waals surface area contributed by atoms with Crippen molar-refractivity contribution in [3.63, 3.8) is 0 Å². The van der Waals surface area contributed by atoms with Gasteiger partial charge in [0.15, 0.2) is 0 Å². The Morgan fingerprint density at radius 2 is 2.06 bits per heavy atom. The van der Waals surface area contributed by atoms with Gasteiger partial charge >= 0.3 is 0 Å². The third kappa shape index (κ3) is 6.86. The van der Waals surface area contributed by atoms with E-state index < -0.39 is 5.60 Å². The average molecular weight is 482 g/mol. The molecule has 0 radical (unpaired) electrons. The lowest BCUT2D eigenvalue weighted by Gasteiger charge is -2.19. The van der Waals surface area contributed by atoms with Gasteiger partial charge in [-0.1, -0.05) is 0 Å². The molecule has 0 aliphatic heterocycles. The highest BCUT2D eigenvalue weighted by molar-refractivity contribution is 6.08. The molecule has 0 spiro atoms. The second kappa shape index (κ2) is 11.4. The molecule has 2 amide bonds. The number of amides is 2. The van der Waals surface area contributed by atoms with E-state index in [4.69, 9.17) is 9.72 Å². The van der Waals surface area contributed by atoms with E-state index in [0.717, 1.165) is 18.4 Å². The van der Waals surface area contributed by atoms with Gasteiger partial charge in [-0.15, -0.1) is 0 Å². The molecule has 1 atom stereocenters. The van der Waals surface area contributed by atoms with Gasteiger partial charge in [0.1, 0.15) is 12.4 Å². The SMILES string of the molecule is CCn1c(-c2cccnc2)nc2cc(NC(=O)COC)cc(C(=O)N[C@@H](C)CCCC(C)(C)O)c21. The van der Waals surface area contributed by atoms with Crippen molar-refractivity contribution in [2.45, 2.75) is 65.1 Å². The number of fused-ring (bicyclic) bond motifs is 1. The summed E-state index contributed by atoms with van der Waals surface area (Å²) in [5, 5.41) is 15.8. The highest BCUT2D eigenvalue weighted by atomic mass is 16.5. The Hall–Kier alpha value is -3.30. The number of aryl methyl sites for hydroxylation is 1. The molecule has 0 saturated heterocycles. The van der Waals surface area contributed by atoms with Crippen molar-refractivity contribution >= 4 is 28.5 Å². The van der Waals surface area contributed by atoms with Crippen LogP contribution in [0, 0.1) is 0 Å². The number of benzene rings is 1. The van der Waals surface area contributed by atoms with Gasteiger partial charge in [0.2, 0.25) is 5.91 Å². The molecule has 1 aromatic carbocycles. The number of ether oxygens (including phenoxy) is 1. The number of carbonyl (C=O) groups is 2. The Kier molecular flexibility index (Phi) is 8.58. The van der Waals surface area contributed by atoms with E-state index in [-0.39, 0.29) is 24.5 Å². The van der Waals surface area contributed by atoms with Crippen molar-refractivity contribution in [1.82, 2.24) is 19.9 Å². The lowest BCUT2D eigenvalue weighted by Crippen LogP contribution is -2.33. The summed E-state index contributed by atoms with van der Waals surface area (Å²) in [4.78, 5) is 34.6. The van der Waals surface area contributed by atoms with Gasteiger partial charge in [-0.2, -0.15) is 0 Å². The normalized spacial score (nSPS) is 12.5. The number of nitrogens with zero attached hydrogens (tertiary/aromatic N) is 3. The molecule has 9 heteroatoms. The molecule has 0 aliphatic rings. The number of anilines is 1. The smallest absolute Gasteiger partial charge is 0.253 e. The van der Waals surface area contributed by atoms with Crippen LogP contribution in [0.5, 0.6) is 0 Å². The number of carbonyl (C=O) groups excluding carboxylic acids is 2. The molecule has 0 bridgehead atoms. The zero-order valence-electron chi connectivity index (χ0n) is 21.1. The third-order valence-corrected chi connectivity index (χ3v) is 5.68. The summed E-state index contributed by atoms with van der Waals surface area (Å²) in [7, 11) is 1.45. The topological polar surface area (TPSA) is 118 Å². The highest BCUT2D eigenvalue weighted by Gasteiger charge is 2.22. The lowest BCUT2D eigenvalue weighted by atomic mass is 9.99. The van der Waals surface area contributed by atoms with Crippen LogP contribution in [0.1, 0.15) is 57.3 Å². The summed E-state index contributed by atoms with van der Waals surface area (Å²) in [5.74, 6) is 0.129. The van der Waals surface area contributed by atoms with Gasteiger partial charge in [-0.3, -0.25) is 14.6 Å². The number of nitrogens with one attached hydrogen (secondary N) is 2. The van der Waals surface area contributed by atoms with Crippen molar-refractivity contribution in [2.24, 2.45) is 0 Å². The third-order valence-electron chi connectivity index (χ3n) is 5.68. The molecule has 0 fully saturated rings. The maximum Gasteiger partial charge on any atom is 0.253 e. The van der Waals surface area contributed by atoms with Gasteiger partial charge < -0.3 is 25.0 Å². The Bertz CT molecular complexity index is 1170. The number of pyridine rings is 1. The number of hydrogen-bond acceptors (Lipinski definition) is 6. The fourth-order valence-electron chi connectivity index (χ4n) is 4.08. The number of hydrogen-bond donors (Lipinski definition) is 3. The summed E-state index contributed by atoms with van der Waals surface area (Å²) in [6.45, 7) is 8.00. The molecule has 2 aromatic heterocycles. The quantitative estimate of drug-likeness (QED) is 0.384. The molecule has 188 valence electrons. The minimum absolute atomic E-state index is 0.0950. The van der Waals surface area contributed by atoms with Crippen LogP contribution in [-0.2, 0) is 16.1 Å². The molecule has 3 rings (SSSR count). The van der Waals surface area contributed by atoms with Crippen molar-refractivity contribution in [3.8, 4) is 11.4 Å². The molecular weight excluding hydrogens is 446 g/mol. The molecule has 35 heavy (non-hydrogen) atoms. The van der Waals surface area contributed by atoms with E-state index >= 15 is 0 Å². The van der Waals surface area contributed by atoms with Gasteiger partial charge in [-0.25, -0.2) is 4.98 Å². The molecule has 0 aliphatic carbocycles. The molecule has 3 aromatic rings. The number of aliphatic hydroxyl groups is 1. The summed E-state index contributed by atoms with van der Waals surface area (Å²) < 4.78 is 6.90. The Balaban J connectivity index is 2.00. The monoisotopic (exact) mass is 481 g/mol. The largest absolute Gasteiger partial charge is 0.390 e. The van der Waals surface area contributed by atoms with E-state index in [9.17, 15) is 14.7 Å². The zero-order chi connectivity index (χ0) is 25.6. The summed E-state index contributed by atoms with van der Waals surface area (Å²) in [5.41, 5.74) is 2.29. The van der Waals surface area contributed by atoms with E-state index in [0.29, 0.717) is 41.1 Å².